The molecule has 0 amide bonds. The first-order chi connectivity index (χ1) is 27.0. The van der Waals surface area contributed by atoms with E-state index >= 15 is 0 Å². The SMILES string of the molecule is CC1(C)c2cc3c(cc2-c2c1ccc1ccccc21)c1ccccc1n3-c1cccc(-c2nc(-n3c4ccccc4c4ccccc43)nc3ccccc23)c1. The predicted molar refractivity (Wildman–Crippen MR) is 229 cm³/mol. The average molecular weight is 703 g/mol. The molecule has 4 heteroatoms. The van der Waals surface area contributed by atoms with Gasteiger partial charge in [0.05, 0.1) is 33.3 Å². The number of fused-ring (bicyclic) bond motifs is 12. The Labute approximate surface area is 317 Å². The van der Waals surface area contributed by atoms with Crippen molar-refractivity contribution in [3.8, 4) is 34.0 Å². The molecule has 3 heterocycles. The smallest absolute Gasteiger partial charge is 0.235 e. The van der Waals surface area contributed by atoms with Crippen LogP contribution >= 0.6 is 0 Å². The van der Waals surface area contributed by atoms with E-state index in [0.717, 1.165) is 38.9 Å². The zero-order valence-corrected chi connectivity index (χ0v) is 30.5. The maximum Gasteiger partial charge on any atom is 0.235 e. The van der Waals surface area contributed by atoms with Crippen LogP contribution in [0.3, 0.4) is 0 Å². The molecule has 0 saturated heterocycles. The van der Waals surface area contributed by atoms with Gasteiger partial charge in [0.25, 0.3) is 0 Å². The van der Waals surface area contributed by atoms with Crippen molar-refractivity contribution in [2.45, 2.75) is 19.3 Å². The highest BCUT2D eigenvalue weighted by Crippen LogP contribution is 2.53. The summed E-state index contributed by atoms with van der Waals surface area (Å²) in [7, 11) is 0. The van der Waals surface area contributed by atoms with E-state index in [4.69, 9.17) is 9.97 Å². The molecule has 0 spiro atoms. The molecule has 0 unspecified atom stereocenters. The van der Waals surface area contributed by atoms with Gasteiger partial charge in [-0.1, -0.05) is 135 Å². The molecule has 1 aliphatic rings. The minimum Gasteiger partial charge on any atom is -0.309 e. The predicted octanol–water partition coefficient (Wildman–Crippen LogP) is 13.0. The molecule has 4 nitrogen and oxygen atoms in total. The fraction of sp³-hybridized carbons (Fsp3) is 0.0588. The van der Waals surface area contributed by atoms with Crippen LogP contribution in [-0.2, 0) is 5.41 Å². The van der Waals surface area contributed by atoms with Crippen LogP contribution in [0.1, 0.15) is 25.0 Å². The number of aromatic nitrogens is 4. The van der Waals surface area contributed by atoms with E-state index in [1.54, 1.807) is 0 Å². The van der Waals surface area contributed by atoms with Crippen molar-refractivity contribution in [1.29, 1.82) is 0 Å². The van der Waals surface area contributed by atoms with Gasteiger partial charge in [0.2, 0.25) is 5.95 Å². The van der Waals surface area contributed by atoms with Crippen molar-refractivity contribution in [2.75, 3.05) is 0 Å². The summed E-state index contributed by atoms with van der Waals surface area (Å²) in [4.78, 5) is 10.6. The fourth-order valence-corrected chi connectivity index (χ4v) is 9.56. The van der Waals surface area contributed by atoms with Crippen LogP contribution < -0.4 is 0 Å². The maximum absolute atomic E-state index is 5.42. The van der Waals surface area contributed by atoms with Gasteiger partial charge in [-0.15, -0.1) is 0 Å². The Kier molecular flexibility index (Phi) is 6.09. The van der Waals surface area contributed by atoms with E-state index in [0.29, 0.717) is 5.95 Å². The summed E-state index contributed by atoms with van der Waals surface area (Å²) in [6, 6.07) is 61.5. The zero-order valence-electron chi connectivity index (χ0n) is 30.5. The van der Waals surface area contributed by atoms with Gasteiger partial charge in [-0.3, -0.25) is 4.57 Å². The summed E-state index contributed by atoms with van der Waals surface area (Å²) in [6.07, 6.45) is 0. The molecule has 11 aromatic rings. The summed E-state index contributed by atoms with van der Waals surface area (Å²) in [6.45, 7) is 4.75. The lowest BCUT2D eigenvalue weighted by atomic mass is 9.82. The Morgan fingerprint density at radius 1 is 0.436 bits per heavy atom. The summed E-state index contributed by atoms with van der Waals surface area (Å²) < 4.78 is 4.66. The van der Waals surface area contributed by atoms with Crippen LogP contribution in [0.25, 0.3) is 99.3 Å². The Bertz CT molecular complexity index is 3360. The van der Waals surface area contributed by atoms with E-state index < -0.39 is 0 Å². The number of para-hydroxylation sites is 4. The van der Waals surface area contributed by atoms with Crippen LogP contribution in [0.5, 0.6) is 0 Å². The molecule has 258 valence electrons. The molecular formula is C51H34N4. The number of rotatable bonds is 3. The number of hydrogen-bond acceptors (Lipinski definition) is 2. The van der Waals surface area contributed by atoms with E-state index in [1.807, 2.05) is 0 Å². The molecule has 1 aliphatic carbocycles. The lowest BCUT2D eigenvalue weighted by Crippen LogP contribution is -2.15. The van der Waals surface area contributed by atoms with Crippen LogP contribution in [0, 0.1) is 0 Å². The molecular weight excluding hydrogens is 669 g/mol. The van der Waals surface area contributed by atoms with Gasteiger partial charge in [-0.05, 0) is 81.6 Å². The largest absolute Gasteiger partial charge is 0.309 e. The van der Waals surface area contributed by atoms with Crippen molar-refractivity contribution in [1.82, 2.24) is 19.1 Å². The van der Waals surface area contributed by atoms with E-state index in [-0.39, 0.29) is 5.41 Å². The highest BCUT2D eigenvalue weighted by Gasteiger charge is 2.37. The molecule has 0 radical (unpaired) electrons. The third-order valence-electron chi connectivity index (χ3n) is 12.1. The van der Waals surface area contributed by atoms with Gasteiger partial charge in [-0.2, -0.15) is 0 Å². The highest BCUT2D eigenvalue weighted by molar-refractivity contribution is 6.14. The molecule has 8 aromatic carbocycles. The minimum atomic E-state index is -0.144. The monoisotopic (exact) mass is 702 g/mol. The topological polar surface area (TPSA) is 35.6 Å². The van der Waals surface area contributed by atoms with Gasteiger partial charge in [0, 0.05) is 43.6 Å². The lowest BCUT2D eigenvalue weighted by Gasteiger charge is -2.22. The fourth-order valence-electron chi connectivity index (χ4n) is 9.56. The number of benzene rings is 8. The van der Waals surface area contributed by atoms with Gasteiger partial charge in [-0.25, -0.2) is 9.97 Å². The Morgan fingerprint density at radius 3 is 1.80 bits per heavy atom. The molecule has 0 atom stereocenters. The van der Waals surface area contributed by atoms with Crippen molar-refractivity contribution in [3.05, 3.63) is 181 Å². The van der Waals surface area contributed by atoms with Crippen molar-refractivity contribution in [2.24, 2.45) is 0 Å². The van der Waals surface area contributed by atoms with Crippen molar-refractivity contribution < 1.29 is 0 Å². The zero-order chi connectivity index (χ0) is 36.4. The molecule has 0 fully saturated rings. The Balaban J connectivity index is 1.10. The first-order valence-electron chi connectivity index (χ1n) is 19.0. The van der Waals surface area contributed by atoms with Gasteiger partial charge in [0.1, 0.15) is 0 Å². The quantitative estimate of drug-likeness (QED) is 0.184. The molecule has 0 aliphatic heterocycles. The van der Waals surface area contributed by atoms with Gasteiger partial charge in [0.15, 0.2) is 0 Å². The third kappa shape index (κ3) is 4.17. The minimum absolute atomic E-state index is 0.144. The van der Waals surface area contributed by atoms with Crippen LogP contribution in [-0.4, -0.2) is 19.1 Å². The van der Waals surface area contributed by atoms with Crippen molar-refractivity contribution >= 4 is 65.3 Å². The van der Waals surface area contributed by atoms with Crippen molar-refractivity contribution in [3.63, 3.8) is 0 Å². The van der Waals surface area contributed by atoms with Crippen LogP contribution in [0.2, 0.25) is 0 Å². The third-order valence-corrected chi connectivity index (χ3v) is 12.1. The maximum atomic E-state index is 5.42. The second kappa shape index (κ2) is 11.0. The lowest BCUT2D eigenvalue weighted by molar-refractivity contribution is 0.661. The number of nitrogens with zero attached hydrogens (tertiary/aromatic N) is 4. The Morgan fingerprint density at radius 2 is 1.05 bits per heavy atom. The molecule has 3 aromatic heterocycles. The number of hydrogen-bond donors (Lipinski definition) is 0. The van der Waals surface area contributed by atoms with E-state index in [1.165, 1.54) is 65.6 Å². The summed E-state index contributed by atoms with van der Waals surface area (Å²) >= 11 is 0. The normalized spacial score (nSPS) is 13.4. The summed E-state index contributed by atoms with van der Waals surface area (Å²) in [5, 5.41) is 8.51. The second-order valence-corrected chi connectivity index (χ2v) is 15.4. The molecule has 0 bridgehead atoms. The standard InChI is InChI=1S/C51H34N4/c1-51(2)41-27-26-31-14-3-4-17-34(31)48(41)40-29-39-37-20-8-10-23-44(37)54(47(39)30-42(40)51)33-16-13-15-32(28-33)49-38-21-5-9-22-43(38)52-50(53-49)55-45-24-11-6-18-35(45)36-19-7-12-25-46(36)55/h3-30H,1-2H3. The van der Waals surface area contributed by atoms with E-state index in [2.05, 4.69) is 193 Å². The molecule has 0 saturated carbocycles. The summed E-state index contributed by atoms with van der Waals surface area (Å²) in [5.41, 5.74) is 13.9. The highest BCUT2D eigenvalue weighted by atomic mass is 15.2. The van der Waals surface area contributed by atoms with Gasteiger partial charge < -0.3 is 4.57 Å². The summed E-state index contributed by atoms with van der Waals surface area (Å²) in [5.74, 6) is 0.665. The Hall–Kier alpha value is -7.04. The molecule has 0 N–H and O–H groups in total. The molecule has 12 rings (SSSR count). The molecule has 55 heavy (non-hydrogen) atoms. The first kappa shape index (κ1) is 30.4. The van der Waals surface area contributed by atoms with Crippen LogP contribution in [0.15, 0.2) is 170 Å². The first-order valence-corrected chi connectivity index (χ1v) is 19.0. The van der Waals surface area contributed by atoms with Gasteiger partial charge >= 0.3 is 0 Å². The van der Waals surface area contributed by atoms with E-state index in [9.17, 15) is 0 Å². The average Bonchev–Trinajstić information content (AvgIpc) is 3.82. The second-order valence-electron chi connectivity index (χ2n) is 15.4. The van der Waals surface area contributed by atoms with Crippen LogP contribution in [0.4, 0.5) is 0 Å².